The van der Waals surface area contributed by atoms with Crippen molar-refractivity contribution in [2.75, 3.05) is 12.3 Å². The lowest BCUT2D eigenvalue weighted by Crippen LogP contribution is -2.33. The van der Waals surface area contributed by atoms with Crippen LogP contribution in [0.3, 0.4) is 0 Å². The van der Waals surface area contributed by atoms with E-state index in [1.807, 2.05) is 0 Å². The predicted octanol–water partition coefficient (Wildman–Crippen LogP) is -1.70. The number of anilines is 1. The van der Waals surface area contributed by atoms with Gasteiger partial charge in [-0.1, -0.05) is 0 Å². The van der Waals surface area contributed by atoms with Crippen molar-refractivity contribution >= 4 is 39.7 Å². The van der Waals surface area contributed by atoms with Crippen LogP contribution >= 0.6 is 22.7 Å². The highest BCUT2D eigenvalue weighted by Gasteiger charge is 2.49. The van der Waals surface area contributed by atoms with Crippen LogP contribution in [0.1, 0.15) is 6.23 Å². The third-order valence-corrected chi connectivity index (χ3v) is 10.4. The summed E-state index contributed by atoms with van der Waals surface area (Å²) in [4.78, 5) is 40.6. The number of nitrogens with zero attached hydrogens (tertiary/aromatic N) is 4. The minimum absolute atomic E-state index is 0.0669. The van der Waals surface area contributed by atoms with Gasteiger partial charge < -0.3 is 35.4 Å². The molecule has 16 nitrogen and oxygen atoms in total. The van der Waals surface area contributed by atoms with E-state index in [1.165, 1.54) is 15.8 Å². The maximum atomic E-state index is 11.9. The SMILES string of the molecule is Nc1ncnc2c1ncn2[C@@H]1O[C@H](COP(=O)(O)P(=O)(O)N[PH](=O)O)[C@@H](O)[C@H]1O. The Kier molecular flexibility index (Phi) is 6.26. The molecule has 2 aromatic rings. The summed E-state index contributed by atoms with van der Waals surface area (Å²) < 4.78 is 45.5. The molecule has 0 radical (unpaired) electrons. The molecule has 1 fully saturated rings. The summed E-state index contributed by atoms with van der Waals surface area (Å²) in [7, 11) is -14.4. The lowest BCUT2D eigenvalue weighted by atomic mass is 10.1. The molecule has 1 saturated heterocycles. The lowest BCUT2D eigenvalue weighted by molar-refractivity contribution is -0.0480. The number of aliphatic hydroxyl groups is 2. The van der Waals surface area contributed by atoms with Gasteiger partial charge in [-0.05, 0) is 0 Å². The second kappa shape index (κ2) is 8.10. The van der Waals surface area contributed by atoms with Gasteiger partial charge in [-0.25, -0.2) is 19.5 Å². The molecule has 3 heterocycles. The number of aromatic nitrogens is 4. The number of fused-ring (bicyclic) bond motifs is 1. The van der Waals surface area contributed by atoms with E-state index in [9.17, 15) is 33.7 Å². The van der Waals surface area contributed by atoms with Crippen LogP contribution in [0.25, 0.3) is 11.2 Å². The van der Waals surface area contributed by atoms with E-state index in [0.717, 1.165) is 6.33 Å². The predicted molar refractivity (Wildman–Crippen MR) is 95.6 cm³/mol. The molecule has 3 rings (SSSR count). The molecule has 162 valence electrons. The van der Waals surface area contributed by atoms with Crippen molar-refractivity contribution < 1.29 is 47.8 Å². The first-order valence-electron chi connectivity index (χ1n) is 7.71. The Bertz CT molecular complexity index is 1030. The normalized spacial score (nSPS) is 30.1. The van der Waals surface area contributed by atoms with E-state index in [2.05, 4.69) is 19.5 Å². The molecule has 1 aliphatic heterocycles. The number of ether oxygens (including phenoxy) is 1. The molecular formula is C10H17N6O10P3. The first-order chi connectivity index (χ1) is 13.4. The summed E-state index contributed by atoms with van der Waals surface area (Å²) in [6.45, 7) is -0.898. The zero-order valence-corrected chi connectivity index (χ0v) is 17.0. The smallest absolute Gasteiger partial charge is 0.387 e. The fraction of sp³-hybridized carbons (Fsp3) is 0.500. The molecular weight excluding hydrogens is 457 g/mol. The number of nitrogens with two attached hydrogens (primary N) is 1. The Labute approximate surface area is 162 Å². The van der Waals surface area contributed by atoms with Gasteiger partial charge >= 0.3 is 14.5 Å². The van der Waals surface area contributed by atoms with Gasteiger partial charge in [-0.15, -0.1) is 0 Å². The Morgan fingerprint density at radius 2 is 1.97 bits per heavy atom. The van der Waals surface area contributed by atoms with Gasteiger partial charge in [0.15, 0.2) is 17.7 Å². The van der Waals surface area contributed by atoms with Crippen molar-refractivity contribution in [1.82, 2.24) is 24.4 Å². The van der Waals surface area contributed by atoms with Crippen LogP contribution in [-0.2, 0) is 23.0 Å². The largest absolute Gasteiger partial charge is 0.426 e. The van der Waals surface area contributed by atoms with Gasteiger partial charge in [0, 0.05) is 0 Å². The van der Waals surface area contributed by atoms with Crippen molar-refractivity contribution in [3.8, 4) is 0 Å². The highest BCUT2D eigenvalue weighted by atomic mass is 32.1. The number of imidazole rings is 1. The summed E-state index contributed by atoms with van der Waals surface area (Å²) in [5.74, 6) is 0.0669. The number of nitrogens with one attached hydrogen (secondary N) is 1. The van der Waals surface area contributed by atoms with Gasteiger partial charge in [0.1, 0.15) is 30.2 Å². The summed E-state index contributed by atoms with van der Waals surface area (Å²) >= 11 is 0. The Balaban J connectivity index is 1.76. The van der Waals surface area contributed by atoms with Crippen LogP contribution < -0.4 is 10.6 Å². The van der Waals surface area contributed by atoms with Crippen molar-refractivity contribution in [3.05, 3.63) is 12.7 Å². The number of rotatable bonds is 7. The fourth-order valence-electron chi connectivity index (χ4n) is 2.59. The summed E-state index contributed by atoms with van der Waals surface area (Å²) in [6, 6.07) is 0. The van der Waals surface area contributed by atoms with Crippen LogP contribution in [0.15, 0.2) is 12.7 Å². The number of nitrogen functional groups attached to an aromatic ring is 1. The van der Waals surface area contributed by atoms with Gasteiger partial charge in [0.25, 0.3) is 8.18 Å². The van der Waals surface area contributed by atoms with Crippen LogP contribution in [0.2, 0.25) is 0 Å². The molecule has 19 heteroatoms. The summed E-state index contributed by atoms with van der Waals surface area (Å²) in [6.07, 6.45) is -3.46. The topological polar surface area (TPSA) is 252 Å². The second-order valence-electron chi connectivity index (χ2n) is 5.88. The fourth-order valence-corrected chi connectivity index (χ4v) is 7.17. The quantitative estimate of drug-likeness (QED) is 0.221. The maximum absolute atomic E-state index is 11.9. The lowest BCUT2D eigenvalue weighted by Gasteiger charge is -2.20. The van der Waals surface area contributed by atoms with E-state index in [0.29, 0.717) is 0 Å². The van der Waals surface area contributed by atoms with E-state index in [4.69, 9.17) is 15.4 Å². The van der Waals surface area contributed by atoms with Crippen molar-refractivity contribution in [2.45, 2.75) is 24.5 Å². The van der Waals surface area contributed by atoms with Crippen molar-refractivity contribution in [2.24, 2.45) is 0 Å². The van der Waals surface area contributed by atoms with Crippen molar-refractivity contribution in [3.63, 3.8) is 0 Å². The molecule has 3 unspecified atom stereocenters. The van der Waals surface area contributed by atoms with E-state index < -0.39 is 53.8 Å². The Morgan fingerprint density at radius 1 is 1.28 bits per heavy atom. The highest BCUT2D eigenvalue weighted by molar-refractivity contribution is 8.29. The third-order valence-electron chi connectivity index (χ3n) is 3.99. The van der Waals surface area contributed by atoms with Crippen LogP contribution in [0.5, 0.6) is 0 Å². The van der Waals surface area contributed by atoms with E-state index in [1.54, 1.807) is 0 Å². The van der Waals surface area contributed by atoms with Gasteiger partial charge in [-0.2, -0.15) is 4.86 Å². The first kappa shape index (κ1) is 22.4. The minimum atomic E-state index is -5.34. The van der Waals surface area contributed by atoms with Gasteiger partial charge in [-0.3, -0.25) is 18.2 Å². The third kappa shape index (κ3) is 4.29. The standard InChI is InChI=1S/C10H17N6O10P3/c11-8-5-9(13-2-12-8)16(3-14-5)10-7(18)6(17)4(26-10)1-25-29(23,24)28(21,22)15-27(19)20/h2-4,6-7,10,17-18,27H,1H2,(H,23,24)(H2,11,12,13)(H3,15,19,20,21,22)/t4-,6-,7-,10-/m1/s1. The molecule has 0 aromatic carbocycles. The molecule has 2 aromatic heterocycles. The average Bonchev–Trinajstić information content (AvgIpc) is 3.15. The van der Waals surface area contributed by atoms with Gasteiger partial charge in [0.2, 0.25) is 0 Å². The number of hydrogen-bond acceptors (Lipinski definition) is 11. The second-order valence-corrected chi connectivity index (χ2v) is 12.9. The van der Waals surface area contributed by atoms with Crippen molar-refractivity contribution in [1.29, 1.82) is 0 Å². The molecule has 1 aliphatic rings. The molecule has 0 spiro atoms. The van der Waals surface area contributed by atoms with E-state index in [-0.39, 0.29) is 17.0 Å². The van der Waals surface area contributed by atoms with E-state index >= 15 is 0 Å². The molecule has 0 bridgehead atoms. The highest BCUT2D eigenvalue weighted by Crippen LogP contribution is 2.76. The summed E-state index contributed by atoms with van der Waals surface area (Å²) in [5, 5.41) is 20.4. The molecule has 0 saturated carbocycles. The van der Waals surface area contributed by atoms with Gasteiger partial charge in [0.05, 0.1) is 12.9 Å². The molecule has 7 atom stereocenters. The molecule has 29 heavy (non-hydrogen) atoms. The molecule has 0 amide bonds. The molecule has 0 aliphatic carbocycles. The zero-order valence-electron chi connectivity index (χ0n) is 14.2. The van der Waals surface area contributed by atoms with Crippen LogP contribution in [0, 0.1) is 0 Å². The zero-order chi connectivity index (χ0) is 21.6. The summed E-state index contributed by atoms with van der Waals surface area (Å²) in [5.41, 5.74) is 6.07. The van der Waals surface area contributed by atoms with Crippen LogP contribution in [-0.4, -0.2) is 69.3 Å². The molecule has 8 N–H and O–H groups in total. The Hall–Kier alpha value is -1.28. The monoisotopic (exact) mass is 474 g/mol. The van der Waals surface area contributed by atoms with Crippen LogP contribution in [0.4, 0.5) is 5.82 Å². The number of hydrogen-bond donors (Lipinski definition) is 7. The minimum Gasteiger partial charge on any atom is -0.387 e. The Morgan fingerprint density at radius 3 is 2.62 bits per heavy atom. The number of aliphatic hydroxyl groups excluding tert-OH is 2. The maximum Gasteiger partial charge on any atom is 0.426 e. The average molecular weight is 474 g/mol. The first-order valence-corrected chi connectivity index (χ1v) is 13.0.